The predicted molar refractivity (Wildman–Crippen MR) is 73.0 cm³/mol. The summed E-state index contributed by atoms with van der Waals surface area (Å²) in [6.45, 7) is 0.455. The van der Waals surface area contributed by atoms with Gasteiger partial charge < -0.3 is 10.7 Å². The minimum atomic E-state index is -0.288. The number of hydrogen-bond acceptors (Lipinski definition) is 6. The Hall–Kier alpha value is -1.51. The molecule has 18 heavy (non-hydrogen) atoms. The van der Waals surface area contributed by atoms with E-state index in [9.17, 15) is 4.79 Å². The fourth-order valence-corrected chi connectivity index (χ4v) is 2.64. The van der Waals surface area contributed by atoms with Gasteiger partial charge in [-0.15, -0.1) is 11.3 Å². The summed E-state index contributed by atoms with van der Waals surface area (Å²) in [5.41, 5.74) is 2.56. The number of amides is 1. The number of thiophene rings is 1. The Morgan fingerprint density at radius 2 is 2.33 bits per heavy atom. The lowest BCUT2D eigenvalue weighted by Gasteiger charge is -2.04. The van der Waals surface area contributed by atoms with Crippen molar-refractivity contribution in [2.75, 3.05) is 5.43 Å². The maximum absolute atomic E-state index is 11.8. The standard InChI is InChI=1S/C10H10BrN5OS/c11-6-1-7(18-5-6)2-14-10(17)8-3-13-4-9(15-8)16-12/h1,3-5H,2,12H2,(H,14,17)(H,15,16). The van der Waals surface area contributed by atoms with Crippen LogP contribution in [0.15, 0.2) is 28.3 Å². The molecule has 0 saturated carbocycles. The average Bonchev–Trinajstić information content (AvgIpc) is 2.82. The summed E-state index contributed by atoms with van der Waals surface area (Å²) in [6, 6.07) is 1.95. The minimum Gasteiger partial charge on any atom is -0.346 e. The third kappa shape index (κ3) is 3.25. The number of nitrogens with zero attached hydrogens (tertiary/aromatic N) is 2. The molecule has 1 amide bonds. The van der Waals surface area contributed by atoms with Crippen LogP contribution in [0.1, 0.15) is 15.4 Å². The first-order chi connectivity index (χ1) is 8.69. The zero-order valence-corrected chi connectivity index (χ0v) is 11.6. The number of nitrogens with one attached hydrogen (secondary N) is 2. The molecule has 0 radical (unpaired) electrons. The molecule has 0 fully saturated rings. The van der Waals surface area contributed by atoms with Crippen LogP contribution in [0.5, 0.6) is 0 Å². The Labute approximate surface area is 116 Å². The van der Waals surface area contributed by atoms with E-state index in [0.29, 0.717) is 12.4 Å². The molecule has 0 saturated heterocycles. The van der Waals surface area contributed by atoms with E-state index < -0.39 is 0 Å². The van der Waals surface area contributed by atoms with Gasteiger partial charge in [-0.25, -0.2) is 10.8 Å². The van der Waals surface area contributed by atoms with Gasteiger partial charge in [0.2, 0.25) is 0 Å². The first-order valence-corrected chi connectivity index (χ1v) is 6.66. The van der Waals surface area contributed by atoms with Crippen molar-refractivity contribution in [3.05, 3.63) is 38.9 Å². The third-order valence-electron chi connectivity index (χ3n) is 2.06. The van der Waals surface area contributed by atoms with E-state index in [1.807, 2.05) is 11.4 Å². The van der Waals surface area contributed by atoms with Crippen molar-refractivity contribution in [2.24, 2.45) is 5.84 Å². The lowest BCUT2D eigenvalue weighted by molar-refractivity contribution is 0.0946. The van der Waals surface area contributed by atoms with Gasteiger partial charge in [-0.2, -0.15) is 0 Å². The van der Waals surface area contributed by atoms with Gasteiger partial charge in [0.15, 0.2) is 5.82 Å². The van der Waals surface area contributed by atoms with Crippen molar-refractivity contribution < 1.29 is 4.79 Å². The molecule has 2 rings (SSSR count). The average molecular weight is 328 g/mol. The summed E-state index contributed by atoms with van der Waals surface area (Å²) in [6.07, 6.45) is 2.83. The number of hydrogen-bond donors (Lipinski definition) is 3. The normalized spacial score (nSPS) is 10.1. The predicted octanol–water partition coefficient (Wildman–Crippen LogP) is 1.52. The molecule has 0 spiro atoms. The van der Waals surface area contributed by atoms with Crippen LogP contribution in [0.25, 0.3) is 0 Å². The molecule has 6 nitrogen and oxygen atoms in total. The highest BCUT2D eigenvalue weighted by Gasteiger charge is 2.08. The number of halogens is 1. The van der Waals surface area contributed by atoms with Crippen molar-refractivity contribution in [1.82, 2.24) is 15.3 Å². The molecule has 0 unspecified atom stereocenters. The lowest BCUT2D eigenvalue weighted by Crippen LogP contribution is -2.24. The van der Waals surface area contributed by atoms with Crippen LogP contribution in [0.4, 0.5) is 5.82 Å². The molecule has 2 aromatic rings. The van der Waals surface area contributed by atoms with Crippen LogP contribution in [0.3, 0.4) is 0 Å². The van der Waals surface area contributed by atoms with Crippen LogP contribution >= 0.6 is 27.3 Å². The van der Waals surface area contributed by atoms with Crippen LogP contribution in [-0.4, -0.2) is 15.9 Å². The SMILES string of the molecule is NNc1cncc(C(=O)NCc2cc(Br)cs2)n1. The van der Waals surface area contributed by atoms with E-state index in [4.69, 9.17) is 5.84 Å². The van der Waals surface area contributed by atoms with Crippen molar-refractivity contribution >= 4 is 39.0 Å². The number of nitrogens with two attached hydrogens (primary N) is 1. The summed E-state index contributed by atoms with van der Waals surface area (Å²) < 4.78 is 1.01. The van der Waals surface area contributed by atoms with Gasteiger partial charge in [-0.3, -0.25) is 9.78 Å². The first kappa shape index (κ1) is 12.9. The van der Waals surface area contributed by atoms with Crippen LogP contribution < -0.4 is 16.6 Å². The number of aromatic nitrogens is 2. The molecule has 8 heteroatoms. The summed E-state index contributed by atoms with van der Waals surface area (Å²) in [5, 5.41) is 4.72. The smallest absolute Gasteiger partial charge is 0.271 e. The quantitative estimate of drug-likeness (QED) is 0.584. The van der Waals surface area contributed by atoms with E-state index in [-0.39, 0.29) is 11.6 Å². The maximum atomic E-state index is 11.8. The lowest BCUT2D eigenvalue weighted by atomic mass is 10.4. The van der Waals surface area contributed by atoms with Gasteiger partial charge in [0, 0.05) is 14.7 Å². The number of carbonyl (C=O) groups is 1. The summed E-state index contributed by atoms with van der Waals surface area (Å²) in [5.74, 6) is 5.26. The number of rotatable bonds is 4. The number of carbonyl (C=O) groups excluding carboxylic acids is 1. The van der Waals surface area contributed by atoms with Crippen LogP contribution in [0, 0.1) is 0 Å². The maximum Gasteiger partial charge on any atom is 0.271 e. The first-order valence-electron chi connectivity index (χ1n) is 4.99. The van der Waals surface area contributed by atoms with Gasteiger partial charge in [0.25, 0.3) is 5.91 Å². The van der Waals surface area contributed by atoms with Crippen LogP contribution in [0.2, 0.25) is 0 Å². The zero-order chi connectivity index (χ0) is 13.0. The van der Waals surface area contributed by atoms with Crippen molar-refractivity contribution in [3.8, 4) is 0 Å². The molecular formula is C10H10BrN5OS. The Morgan fingerprint density at radius 1 is 1.50 bits per heavy atom. The zero-order valence-electron chi connectivity index (χ0n) is 9.18. The van der Waals surface area contributed by atoms with Crippen molar-refractivity contribution in [2.45, 2.75) is 6.54 Å². The molecule has 4 N–H and O–H groups in total. The molecule has 0 aliphatic rings. The highest BCUT2D eigenvalue weighted by molar-refractivity contribution is 9.10. The van der Waals surface area contributed by atoms with Crippen molar-refractivity contribution in [3.63, 3.8) is 0 Å². The second-order valence-corrected chi connectivity index (χ2v) is 5.26. The van der Waals surface area contributed by atoms with E-state index >= 15 is 0 Å². The molecular weight excluding hydrogens is 318 g/mol. The summed E-state index contributed by atoms with van der Waals surface area (Å²) in [4.78, 5) is 20.7. The van der Waals surface area contributed by atoms with E-state index in [2.05, 4.69) is 36.6 Å². The molecule has 0 aromatic carbocycles. The van der Waals surface area contributed by atoms with E-state index in [0.717, 1.165) is 9.35 Å². The van der Waals surface area contributed by atoms with Gasteiger partial charge >= 0.3 is 0 Å². The number of hydrazine groups is 1. The summed E-state index contributed by atoms with van der Waals surface area (Å²) >= 11 is 4.92. The van der Waals surface area contributed by atoms with Gasteiger partial charge in [-0.05, 0) is 22.0 Å². The second kappa shape index (κ2) is 5.89. The molecule has 0 aliphatic carbocycles. The Kier molecular flexibility index (Phi) is 4.24. The Morgan fingerprint density at radius 3 is 3.00 bits per heavy atom. The van der Waals surface area contributed by atoms with Gasteiger partial charge in [0.05, 0.1) is 18.9 Å². The highest BCUT2D eigenvalue weighted by Crippen LogP contribution is 2.19. The Balaban J connectivity index is 1.99. The van der Waals surface area contributed by atoms with E-state index in [1.165, 1.54) is 12.4 Å². The summed E-state index contributed by atoms with van der Waals surface area (Å²) in [7, 11) is 0. The topological polar surface area (TPSA) is 92.9 Å². The minimum absolute atomic E-state index is 0.223. The fraction of sp³-hybridized carbons (Fsp3) is 0.100. The molecule has 2 aromatic heterocycles. The van der Waals surface area contributed by atoms with Crippen LogP contribution in [-0.2, 0) is 6.54 Å². The molecule has 2 heterocycles. The van der Waals surface area contributed by atoms with Crippen molar-refractivity contribution in [1.29, 1.82) is 0 Å². The van der Waals surface area contributed by atoms with E-state index in [1.54, 1.807) is 11.3 Å². The molecule has 0 bridgehead atoms. The van der Waals surface area contributed by atoms with Gasteiger partial charge in [-0.1, -0.05) is 0 Å². The molecule has 0 atom stereocenters. The Bertz CT molecular complexity index is 559. The number of anilines is 1. The largest absolute Gasteiger partial charge is 0.346 e. The van der Waals surface area contributed by atoms with Gasteiger partial charge in [0.1, 0.15) is 5.69 Å². The molecule has 0 aliphatic heterocycles. The number of nitrogen functional groups attached to an aromatic ring is 1. The molecule has 94 valence electrons. The second-order valence-electron chi connectivity index (χ2n) is 3.35. The fourth-order valence-electron chi connectivity index (χ4n) is 1.25. The monoisotopic (exact) mass is 327 g/mol. The highest BCUT2D eigenvalue weighted by atomic mass is 79.9. The third-order valence-corrected chi connectivity index (χ3v) is 3.76.